The van der Waals surface area contributed by atoms with Gasteiger partial charge in [0.2, 0.25) is 0 Å². The van der Waals surface area contributed by atoms with E-state index in [0.29, 0.717) is 12.6 Å². The summed E-state index contributed by atoms with van der Waals surface area (Å²) in [5, 5.41) is 4.28. The summed E-state index contributed by atoms with van der Waals surface area (Å²) in [5.41, 5.74) is 1.76. The average molecular weight is 264 g/mol. The van der Waals surface area contributed by atoms with Crippen LogP contribution in [0.3, 0.4) is 0 Å². The second kappa shape index (κ2) is 5.72. The van der Waals surface area contributed by atoms with Crippen molar-refractivity contribution in [2.45, 2.75) is 26.4 Å². The average Bonchev–Trinajstić information content (AvgIpc) is 2.63. The number of hydrogen-bond donors (Lipinski definition) is 1. The number of rotatable bonds is 5. The third kappa shape index (κ3) is 3.33. The minimum atomic E-state index is -0.225. The third-order valence-electron chi connectivity index (χ3n) is 3.25. The maximum atomic E-state index is 13.2. The van der Waals surface area contributed by atoms with Crippen LogP contribution in [-0.2, 0) is 6.54 Å². The Morgan fingerprint density at radius 2 is 2.11 bits per heavy atom. The highest BCUT2D eigenvalue weighted by molar-refractivity contribution is 5.82. The summed E-state index contributed by atoms with van der Waals surface area (Å²) in [7, 11) is 4.10. The summed E-state index contributed by atoms with van der Waals surface area (Å²) in [6, 6.07) is 5.02. The molecule has 0 fully saturated rings. The molecule has 0 saturated heterocycles. The van der Waals surface area contributed by atoms with Crippen molar-refractivity contribution in [3.8, 4) is 0 Å². The molecule has 0 spiro atoms. The monoisotopic (exact) mass is 264 g/mol. The molecule has 0 aliphatic rings. The Balaban J connectivity index is 2.11. The Labute approximate surface area is 113 Å². The summed E-state index contributed by atoms with van der Waals surface area (Å²) in [6.07, 6.45) is 0. The maximum Gasteiger partial charge on any atom is 0.134 e. The van der Waals surface area contributed by atoms with Crippen molar-refractivity contribution in [1.82, 2.24) is 10.2 Å². The summed E-state index contributed by atoms with van der Waals surface area (Å²) in [4.78, 5) is 2.14. The van der Waals surface area contributed by atoms with Crippen LogP contribution >= 0.6 is 0 Å². The van der Waals surface area contributed by atoms with Crippen LogP contribution in [0.1, 0.15) is 18.2 Å². The molecule has 1 N–H and O–H groups in total. The molecular formula is C15H21FN2O. The molecule has 0 amide bonds. The Hall–Kier alpha value is -1.39. The second-order valence-electron chi connectivity index (χ2n) is 5.33. The summed E-state index contributed by atoms with van der Waals surface area (Å²) >= 11 is 0. The Morgan fingerprint density at radius 1 is 1.37 bits per heavy atom. The summed E-state index contributed by atoms with van der Waals surface area (Å²) in [6.45, 7) is 5.74. The predicted octanol–water partition coefficient (Wildman–Crippen LogP) is 2.92. The van der Waals surface area contributed by atoms with Crippen LogP contribution in [0.4, 0.5) is 4.39 Å². The van der Waals surface area contributed by atoms with Gasteiger partial charge in [-0.3, -0.25) is 0 Å². The standard InChI is InChI=1S/C15H21FN2O/c1-10(9-18(3)4)17-8-15-11(2)13-7-12(16)5-6-14(13)19-15/h5-7,10,17H,8-9H2,1-4H3. The first-order valence-corrected chi connectivity index (χ1v) is 6.53. The van der Waals surface area contributed by atoms with Gasteiger partial charge in [-0.25, -0.2) is 4.39 Å². The van der Waals surface area contributed by atoms with Crippen molar-refractivity contribution in [3.05, 3.63) is 35.3 Å². The fourth-order valence-corrected chi connectivity index (χ4v) is 2.29. The number of nitrogens with one attached hydrogen (secondary N) is 1. The van der Waals surface area contributed by atoms with E-state index in [1.807, 2.05) is 21.0 Å². The van der Waals surface area contributed by atoms with Gasteiger partial charge >= 0.3 is 0 Å². The SMILES string of the molecule is Cc1c(CNC(C)CN(C)C)oc2ccc(F)cc12. The van der Waals surface area contributed by atoms with Gasteiger partial charge in [0.25, 0.3) is 0 Å². The van der Waals surface area contributed by atoms with Crippen molar-refractivity contribution in [2.24, 2.45) is 0 Å². The zero-order chi connectivity index (χ0) is 14.0. The van der Waals surface area contributed by atoms with E-state index in [1.165, 1.54) is 12.1 Å². The van der Waals surface area contributed by atoms with E-state index in [4.69, 9.17) is 4.42 Å². The van der Waals surface area contributed by atoms with Crippen LogP contribution in [0, 0.1) is 12.7 Å². The van der Waals surface area contributed by atoms with Gasteiger partial charge in [-0.05, 0) is 51.7 Å². The van der Waals surface area contributed by atoms with E-state index < -0.39 is 0 Å². The van der Waals surface area contributed by atoms with Crippen molar-refractivity contribution in [1.29, 1.82) is 0 Å². The Kier molecular flexibility index (Phi) is 4.22. The quantitative estimate of drug-likeness (QED) is 0.900. The zero-order valence-electron chi connectivity index (χ0n) is 12.0. The minimum absolute atomic E-state index is 0.225. The molecule has 0 bridgehead atoms. The molecule has 2 aromatic rings. The first-order chi connectivity index (χ1) is 8.97. The van der Waals surface area contributed by atoms with Crippen molar-refractivity contribution < 1.29 is 8.81 Å². The van der Waals surface area contributed by atoms with Crippen molar-refractivity contribution in [2.75, 3.05) is 20.6 Å². The number of furan rings is 1. The van der Waals surface area contributed by atoms with E-state index in [0.717, 1.165) is 28.8 Å². The van der Waals surface area contributed by atoms with Crippen molar-refractivity contribution >= 4 is 11.0 Å². The normalized spacial score (nSPS) is 13.4. The smallest absolute Gasteiger partial charge is 0.134 e. The molecular weight excluding hydrogens is 243 g/mol. The number of fused-ring (bicyclic) bond motifs is 1. The Morgan fingerprint density at radius 3 is 2.79 bits per heavy atom. The largest absolute Gasteiger partial charge is 0.459 e. The Bertz CT molecular complexity index is 563. The van der Waals surface area contributed by atoms with Crippen LogP contribution in [0.25, 0.3) is 11.0 Å². The van der Waals surface area contributed by atoms with E-state index >= 15 is 0 Å². The van der Waals surface area contributed by atoms with Crippen LogP contribution in [-0.4, -0.2) is 31.6 Å². The van der Waals surface area contributed by atoms with Gasteiger partial charge in [-0.1, -0.05) is 0 Å². The highest BCUT2D eigenvalue weighted by Crippen LogP contribution is 2.25. The zero-order valence-corrected chi connectivity index (χ0v) is 12.0. The summed E-state index contributed by atoms with van der Waals surface area (Å²) < 4.78 is 19.0. The van der Waals surface area contributed by atoms with Crippen LogP contribution in [0.2, 0.25) is 0 Å². The van der Waals surface area contributed by atoms with Gasteiger partial charge < -0.3 is 14.6 Å². The van der Waals surface area contributed by atoms with Gasteiger partial charge in [-0.15, -0.1) is 0 Å². The van der Waals surface area contributed by atoms with Crippen molar-refractivity contribution in [3.63, 3.8) is 0 Å². The lowest BCUT2D eigenvalue weighted by Crippen LogP contribution is -2.35. The maximum absolute atomic E-state index is 13.2. The molecule has 1 aromatic heterocycles. The number of hydrogen-bond acceptors (Lipinski definition) is 3. The van der Waals surface area contributed by atoms with E-state index in [-0.39, 0.29) is 5.82 Å². The fourth-order valence-electron chi connectivity index (χ4n) is 2.29. The van der Waals surface area contributed by atoms with E-state index in [2.05, 4.69) is 17.1 Å². The predicted molar refractivity (Wildman–Crippen MR) is 75.8 cm³/mol. The van der Waals surface area contributed by atoms with Gasteiger partial charge in [0.15, 0.2) is 0 Å². The van der Waals surface area contributed by atoms with Gasteiger partial charge in [0.1, 0.15) is 17.2 Å². The summed E-state index contributed by atoms with van der Waals surface area (Å²) in [5.74, 6) is 0.656. The molecule has 3 nitrogen and oxygen atoms in total. The minimum Gasteiger partial charge on any atom is -0.459 e. The third-order valence-corrected chi connectivity index (χ3v) is 3.25. The van der Waals surface area contributed by atoms with Crippen LogP contribution < -0.4 is 5.32 Å². The first kappa shape index (κ1) is 14.0. The van der Waals surface area contributed by atoms with Gasteiger partial charge in [0.05, 0.1) is 6.54 Å². The molecule has 0 aliphatic carbocycles. The molecule has 4 heteroatoms. The van der Waals surface area contributed by atoms with Crippen LogP contribution in [0.5, 0.6) is 0 Å². The lowest BCUT2D eigenvalue weighted by Gasteiger charge is -2.17. The number of aryl methyl sites for hydroxylation is 1. The topological polar surface area (TPSA) is 28.4 Å². The second-order valence-corrected chi connectivity index (χ2v) is 5.33. The molecule has 104 valence electrons. The van der Waals surface area contributed by atoms with E-state index in [1.54, 1.807) is 6.07 Å². The molecule has 19 heavy (non-hydrogen) atoms. The molecule has 0 aliphatic heterocycles. The molecule has 1 atom stereocenters. The lowest BCUT2D eigenvalue weighted by molar-refractivity contribution is 0.342. The number of likely N-dealkylation sites (N-methyl/N-ethyl adjacent to an activating group) is 1. The highest BCUT2D eigenvalue weighted by atomic mass is 19.1. The van der Waals surface area contributed by atoms with E-state index in [9.17, 15) is 4.39 Å². The highest BCUT2D eigenvalue weighted by Gasteiger charge is 2.12. The van der Waals surface area contributed by atoms with Gasteiger partial charge in [0, 0.05) is 18.0 Å². The fraction of sp³-hybridized carbons (Fsp3) is 0.467. The molecule has 1 heterocycles. The molecule has 0 radical (unpaired) electrons. The number of nitrogens with zero attached hydrogens (tertiary/aromatic N) is 1. The van der Waals surface area contributed by atoms with Crippen LogP contribution in [0.15, 0.2) is 22.6 Å². The number of halogens is 1. The molecule has 2 rings (SSSR count). The first-order valence-electron chi connectivity index (χ1n) is 6.53. The molecule has 1 aromatic carbocycles. The molecule has 1 unspecified atom stereocenters. The lowest BCUT2D eigenvalue weighted by atomic mass is 10.1. The molecule has 0 saturated carbocycles. The number of benzene rings is 1. The van der Waals surface area contributed by atoms with Gasteiger partial charge in [-0.2, -0.15) is 0 Å².